The van der Waals surface area contributed by atoms with Gasteiger partial charge in [0.15, 0.2) is 0 Å². The average molecular weight is 234 g/mol. The molecule has 0 radical (unpaired) electrons. The summed E-state index contributed by atoms with van der Waals surface area (Å²) in [5, 5.41) is 8.99. The SMILES string of the molecule is Cc1cc(C(C)(C)CC(=O)O)c(C)c(C)c1C. The number of hydrogen-bond donors (Lipinski definition) is 1. The molecule has 0 aliphatic rings. The maximum absolute atomic E-state index is 10.9. The highest BCUT2D eigenvalue weighted by Gasteiger charge is 2.27. The number of carbonyl (C=O) groups is 1. The molecule has 0 bridgehead atoms. The van der Waals surface area contributed by atoms with Crippen LogP contribution in [0.3, 0.4) is 0 Å². The van der Waals surface area contributed by atoms with Gasteiger partial charge in [-0.05, 0) is 55.5 Å². The number of benzene rings is 1. The Hall–Kier alpha value is -1.31. The molecule has 0 heterocycles. The fourth-order valence-corrected chi connectivity index (χ4v) is 2.39. The lowest BCUT2D eigenvalue weighted by Gasteiger charge is -2.27. The molecule has 1 rings (SSSR count). The van der Waals surface area contributed by atoms with E-state index in [0.29, 0.717) is 0 Å². The Labute approximate surface area is 104 Å². The predicted octanol–water partition coefficient (Wildman–Crippen LogP) is 3.67. The maximum atomic E-state index is 10.9. The number of carboxylic acids is 1. The van der Waals surface area contributed by atoms with Crippen LogP contribution in [0.2, 0.25) is 0 Å². The lowest BCUT2D eigenvalue weighted by Crippen LogP contribution is -2.23. The minimum Gasteiger partial charge on any atom is -0.481 e. The summed E-state index contributed by atoms with van der Waals surface area (Å²) in [5.41, 5.74) is 5.87. The normalized spacial score (nSPS) is 11.6. The van der Waals surface area contributed by atoms with Crippen LogP contribution in [0.1, 0.15) is 48.1 Å². The quantitative estimate of drug-likeness (QED) is 0.866. The number of aliphatic carboxylic acids is 1. The number of rotatable bonds is 3. The van der Waals surface area contributed by atoms with E-state index in [4.69, 9.17) is 5.11 Å². The first-order chi connectivity index (χ1) is 7.66. The third kappa shape index (κ3) is 2.68. The van der Waals surface area contributed by atoms with Crippen LogP contribution in [0.5, 0.6) is 0 Å². The molecule has 0 atom stereocenters. The second-order valence-electron chi connectivity index (χ2n) is 5.57. The van der Waals surface area contributed by atoms with Gasteiger partial charge in [-0.15, -0.1) is 0 Å². The summed E-state index contributed by atoms with van der Waals surface area (Å²) in [6, 6.07) is 2.14. The van der Waals surface area contributed by atoms with Gasteiger partial charge in [0.25, 0.3) is 0 Å². The Morgan fingerprint density at radius 1 is 1.12 bits per heavy atom. The van der Waals surface area contributed by atoms with E-state index in [1.165, 1.54) is 22.3 Å². The first-order valence-electron chi connectivity index (χ1n) is 5.96. The van der Waals surface area contributed by atoms with Crippen molar-refractivity contribution in [2.24, 2.45) is 0 Å². The molecule has 1 aromatic rings. The Morgan fingerprint density at radius 3 is 2.12 bits per heavy atom. The summed E-state index contributed by atoms with van der Waals surface area (Å²) < 4.78 is 0. The Morgan fingerprint density at radius 2 is 1.65 bits per heavy atom. The van der Waals surface area contributed by atoms with Crippen molar-refractivity contribution < 1.29 is 9.90 Å². The molecule has 0 saturated heterocycles. The fraction of sp³-hybridized carbons (Fsp3) is 0.533. The zero-order chi connectivity index (χ0) is 13.4. The topological polar surface area (TPSA) is 37.3 Å². The highest BCUT2D eigenvalue weighted by Crippen LogP contribution is 2.33. The molecule has 0 aliphatic heterocycles. The van der Waals surface area contributed by atoms with Crippen LogP contribution in [-0.4, -0.2) is 11.1 Å². The highest BCUT2D eigenvalue weighted by molar-refractivity contribution is 5.69. The molecule has 0 amide bonds. The molecule has 2 heteroatoms. The first-order valence-corrected chi connectivity index (χ1v) is 5.96. The number of hydrogen-bond acceptors (Lipinski definition) is 1. The molecular weight excluding hydrogens is 212 g/mol. The van der Waals surface area contributed by atoms with E-state index >= 15 is 0 Å². The fourth-order valence-electron chi connectivity index (χ4n) is 2.39. The van der Waals surface area contributed by atoms with Gasteiger partial charge < -0.3 is 5.11 Å². The van der Waals surface area contributed by atoms with Crippen LogP contribution in [-0.2, 0) is 10.2 Å². The molecular formula is C15H22O2. The molecule has 1 N–H and O–H groups in total. The second kappa shape index (κ2) is 4.52. The molecule has 0 fully saturated rings. The predicted molar refractivity (Wildman–Crippen MR) is 70.7 cm³/mol. The third-order valence-electron chi connectivity index (χ3n) is 3.80. The lowest BCUT2D eigenvalue weighted by molar-refractivity contribution is -0.138. The minimum atomic E-state index is -0.745. The summed E-state index contributed by atoms with van der Waals surface area (Å²) in [7, 11) is 0. The molecule has 0 aliphatic carbocycles. The molecule has 2 nitrogen and oxygen atoms in total. The van der Waals surface area contributed by atoms with Crippen molar-refractivity contribution in [1.29, 1.82) is 0 Å². The van der Waals surface area contributed by atoms with Crippen LogP contribution in [0.4, 0.5) is 0 Å². The zero-order valence-electron chi connectivity index (χ0n) is 11.6. The summed E-state index contributed by atoms with van der Waals surface area (Å²) in [5.74, 6) is -0.745. The molecule has 1 aromatic carbocycles. The largest absolute Gasteiger partial charge is 0.481 e. The van der Waals surface area contributed by atoms with Crippen molar-refractivity contribution >= 4 is 5.97 Å². The van der Waals surface area contributed by atoms with E-state index < -0.39 is 5.97 Å². The van der Waals surface area contributed by atoms with Crippen LogP contribution in [0.25, 0.3) is 0 Å². The molecule has 17 heavy (non-hydrogen) atoms. The molecule has 0 saturated carbocycles. The van der Waals surface area contributed by atoms with Crippen LogP contribution < -0.4 is 0 Å². The molecule has 0 spiro atoms. The summed E-state index contributed by atoms with van der Waals surface area (Å²) in [6.45, 7) is 12.4. The summed E-state index contributed by atoms with van der Waals surface area (Å²) in [6.07, 6.45) is 0.162. The molecule has 94 valence electrons. The van der Waals surface area contributed by atoms with Crippen molar-refractivity contribution in [2.75, 3.05) is 0 Å². The van der Waals surface area contributed by atoms with Crippen molar-refractivity contribution in [1.82, 2.24) is 0 Å². The van der Waals surface area contributed by atoms with Crippen molar-refractivity contribution in [3.8, 4) is 0 Å². The second-order valence-corrected chi connectivity index (χ2v) is 5.57. The Bertz CT molecular complexity index is 456. The van der Waals surface area contributed by atoms with Gasteiger partial charge in [0.1, 0.15) is 0 Å². The average Bonchev–Trinajstić information content (AvgIpc) is 2.18. The Balaban J connectivity index is 3.37. The monoisotopic (exact) mass is 234 g/mol. The third-order valence-corrected chi connectivity index (χ3v) is 3.80. The van der Waals surface area contributed by atoms with Crippen molar-refractivity contribution in [3.63, 3.8) is 0 Å². The van der Waals surface area contributed by atoms with Gasteiger partial charge in [0.2, 0.25) is 0 Å². The van der Waals surface area contributed by atoms with Gasteiger partial charge in [0, 0.05) is 5.41 Å². The lowest BCUT2D eigenvalue weighted by atomic mass is 9.77. The van der Waals surface area contributed by atoms with Crippen LogP contribution >= 0.6 is 0 Å². The van der Waals surface area contributed by atoms with Crippen molar-refractivity contribution in [3.05, 3.63) is 33.9 Å². The van der Waals surface area contributed by atoms with Gasteiger partial charge >= 0.3 is 5.97 Å². The number of aryl methyl sites for hydroxylation is 1. The maximum Gasteiger partial charge on any atom is 0.304 e. The van der Waals surface area contributed by atoms with E-state index in [0.717, 1.165) is 5.56 Å². The van der Waals surface area contributed by atoms with E-state index in [1.54, 1.807) is 0 Å². The van der Waals surface area contributed by atoms with Gasteiger partial charge in [-0.1, -0.05) is 19.9 Å². The van der Waals surface area contributed by atoms with Gasteiger partial charge in [-0.25, -0.2) is 0 Å². The van der Waals surface area contributed by atoms with Gasteiger partial charge in [0.05, 0.1) is 6.42 Å². The first kappa shape index (κ1) is 13.8. The van der Waals surface area contributed by atoms with E-state index in [2.05, 4.69) is 33.8 Å². The van der Waals surface area contributed by atoms with Crippen molar-refractivity contribution in [2.45, 2.75) is 53.4 Å². The van der Waals surface area contributed by atoms with E-state index in [-0.39, 0.29) is 11.8 Å². The van der Waals surface area contributed by atoms with Gasteiger partial charge in [-0.3, -0.25) is 4.79 Å². The summed E-state index contributed by atoms with van der Waals surface area (Å²) >= 11 is 0. The highest BCUT2D eigenvalue weighted by atomic mass is 16.4. The van der Waals surface area contributed by atoms with E-state index in [9.17, 15) is 4.79 Å². The van der Waals surface area contributed by atoms with Gasteiger partial charge in [-0.2, -0.15) is 0 Å². The Kier molecular flexibility index (Phi) is 3.65. The van der Waals surface area contributed by atoms with Crippen LogP contribution in [0.15, 0.2) is 6.07 Å². The number of carboxylic acid groups (broad SMARTS) is 1. The smallest absolute Gasteiger partial charge is 0.304 e. The minimum absolute atomic E-state index is 0.162. The molecule has 0 aromatic heterocycles. The molecule has 0 unspecified atom stereocenters. The van der Waals surface area contributed by atoms with E-state index in [1.807, 2.05) is 13.8 Å². The summed E-state index contributed by atoms with van der Waals surface area (Å²) in [4.78, 5) is 10.9. The zero-order valence-corrected chi connectivity index (χ0v) is 11.6. The standard InChI is InChI=1S/C15H22O2/c1-9-7-13(12(4)11(3)10(9)2)15(5,6)8-14(16)17/h7H,8H2,1-6H3,(H,16,17). The van der Waals surface area contributed by atoms with Crippen LogP contribution in [0, 0.1) is 27.7 Å².